The Morgan fingerprint density at radius 1 is 0.821 bits per heavy atom. The molecule has 7 heteroatoms. The Bertz CT molecular complexity index is 1170. The van der Waals surface area contributed by atoms with Crippen LogP contribution in [0.15, 0.2) is 89.7 Å². The molecule has 3 N–H and O–H groups in total. The molecule has 4 aromatic rings. The number of para-hydroxylation sites is 3. The molecular weight excluding hydrogens is 354 g/mol. The van der Waals surface area contributed by atoms with E-state index in [2.05, 4.69) is 21.2 Å². The minimum Gasteiger partial charge on any atom is -0.307 e. The summed E-state index contributed by atoms with van der Waals surface area (Å²) in [5, 5.41) is 3.19. The van der Waals surface area contributed by atoms with Gasteiger partial charge < -0.3 is 5.32 Å². The van der Waals surface area contributed by atoms with Gasteiger partial charge in [-0.15, -0.1) is 0 Å². The van der Waals surface area contributed by atoms with Gasteiger partial charge in [0.05, 0.1) is 16.6 Å². The van der Waals surface area contributed by atoms with E-state index in [1.165, 1.54) is 4.57 Å². The highest BCUT2D eigenvalue weighted by molar-refractivity contribution is 5.90. The van der Waals surface area contributed by atoms with Crippen LogP contribution in [0.25, 0.3) is 16.6 Å². The average Bonchev–Trinajstić information content (AvgIpc) is 2.74. The second kappa shape index (κ2) is 7.63. The number of amides is 2. The third kappa shape index (κ3) is 3.54. The molecule has 3 aromatic carbocycles. The lowest BCUT2D eigenvalue weighted by molar-refractivity contribution is 0.253. The molecule has 0 fully saturated rings. The fourth-order valence-corrected chi connectivity index (χ4v) is 2.83. The first-order valence-corrected chi connectivity index (χ1v) is 8.67. The SMILES string of the molecule is O=C(NNc1nc2ccccc2c(=O)n1-c1ccccc1)Nc1ccccc1. The van der Waals surface area contributed by atoms with E-state index in [0.29, 0.717) is 22.3 Å². The zero-order chi connectivity index (χ0) is 19.3. The molecule has 138 valence electrons. The van der Waals surface area contributed by atoms with Gasteiger partial charge in [-0.2, -0.15) is 0 Å². The summed E-state index contributed by atoms with van der Waals surface area (Å²) in [5.41, 5.74) is 6.87. The fourth-order valence-electron chi connectivity index (χ4n) is 2.83. The molecule has 0 saturated heterocycles. The van der Waals surface area contributed by atoms with Gasteiger partial charge in [0.1, 0.15) is 0 Å². The highest BCUT2D eigenvalue weighted by atomic mass is 16.2. The average molecular weight is 371 g/mol. The fraction of sp³-hybridized carbons (Fsp3) is 0. The number of rotatable bonds is 4. The van der Waals surface area contributed by atoms with Crippen molar-refractivity contribution in [2.24, 2.45) is 0 Å². The molecule has 0 aliphatic heterocycles. The van der Waals surface area contributed by atoms with E-state index < -0.39 is 6.03 Å². The van der Waals surface area contributed by atoms with Crippen molar-refractivity contribution in [3.8, 4) is 5.69 Å². The molecule has 1 aromatic heterocycles. The van der Waals surface area contributed by atoms with Crippen molar-refractivity contribution in [1.29, 1.82) is 0 Å². The number of carbonyl (C=O) groups excluding carboxylic acids is 1. The van der Waals surface area contributed by atoms with Gasteiger partial charge in [-0.3, -0.25) is 10.2 Å². The number of hydrogen-bond donors (Lipinski definition) is 3. The summed E-state index contributed by atoms with van der Waals surface area (Å²) in [4.78, 5) is 29.7. The number of nitrogens with one attached hydrogen (secondary N) is 3. The van der Waals surface area contributed by atoms with Gasteiger partial charge in [0.2, 0.25) is 5.95 Å². The van der Waals surface area contributed by atoms with Crippen LogP contribution in [-0.4, -0.2) is 15.6 Å². The molecule has 0 aliphatic rings. The smallest absolute Gasteiger partial charge is 0.307 e. The van der Waals surface area contributed by atoms with E-state index in [1.807, 2.05) is 36.4 Å². The second-order valence-electron chi connectivity index (χ2n) is 6.00. The van der Waals surface area contributed by atoms with Crippen LogP contribution in [0.1, 0.15) is 0 Å². The van der Waals surface area contributed by atoms with E-state index in [9.17, 15) is 9.59 Å². The number of aromatic nitrogens is 2. The maximum Gasteiger partial charge on any atom is 0.337 e. The van der Waals surface area contributed by atoms with Gasteiger partial charge in [0.25, 0.3) is 5.56 Å². The van der Waals surface area contributed by atoms with E-state index >= 15 is 0 Å². The molecule has 0 atom stereocenters. The summed E-state index contributed by atoms with van der Waals surface area (Å²) >= 11 is 0. The maximum atomic E-state index is 13.0. The quantitative estimate of drug-likeness (QED) is 0.479. The molecule has 0 aliphatic carbocycles. The summed E-state index contributed by atoms with van der Waals surface area (Å²) in [6.07, 6.45) is 0. The number of fused-ring (bicyclic) bond motifs is 1. The van der Waals surface area contributed by atoms with Crippen LogP contribution in [-0.2, 0) is 0 Å². The molecule has 0 bridgehead atoms. The van der Waals surface area contributed by atoms with Crippen molar-refractivity contribution in [2.45, 2.75) is 0 Å². The number of hydrazine groups is 1. The van der Waals surface area contributed by atoms with Gasteiger partial charge >= 0.3 is 6.03 Å². The molecule has 2 amide bonds. The van der Waals surface area contributed by atoms with Gasteiger partial charge in [-0.05, 0) is 36.4 Å². The Balaban J connectivity index is 1.67. The summed E-state index contributed by atoms with van der Waals surface area (Å²) in [5.74, 6) is 0.207. The standard InChI is InChI=1S/C21H17N5O2/c27-19-17-13-7-8-14-18(17)23-20(26(19)16-11-5-2-6-12-16)24-25-21(28)22-15-9-3-1-4-10-15/h1-14H,(H,23,24)(H2,22,25,28). The van der Waals surface area contributed by atoms with Crippen molar-refractivity contribution >= 4 is 28.6 Å². The van der Waals surface area contributed by atoms with Crippen LogP contribution < -0.4 is 21.7 Å². The largest absolute Gasteiger partial charge is 0.337 e. The van der Waals surface area contributed by atoms with Crippen LogP contribution in [0.3, 0.4) is 0 Å². The van der Waals surface area contributed by atoms with E-state index in [1.54, 1.807) is 48.5 Å². The van der Waals surface area contributed by atoms with Gasteiger partial charge in [0.15, 0.2) is 0 Å². The Morgan fingerprint density at radius 3 is 2.21 bits per heavy atom. The molecular formula is C21H17N5O2. The maximum absolute atomic E-state index is 13.0. The molecule has 28 heavy (non-hydrogen) atoms. The summed E-state index contributed by atoms with van der Waals surface area (Å²) in [7, 11) is 0. The Labute approximate surface area is 160 Å². The lowest BCUT2D eigenvalue weighted by atomic mass is 10.2. The summed E-state index contributed by atoms with van der Waals surface area (Å²) in [6, 6.07) is 24.8. The number of anilines is 2. The summed E-state index contributed by atoms with van der Waals surface area (Å²) in [6.45, 7) is 0. The van der Waals surface area contributed by atoms with Crippen LogP contribution in [0.2, 0.25) is 0 Å². The molecule has 0 spiro atoms. The number of benzene rings is 3. The van der Waals surface area contributed by atoms with Crippen LogP contribution in [0, 0.1) is 0 Å². The van der Waals surface area contributed by atoms with Gasteiger partial charge in [0, 0.05) is 5.69 Å². The van der Waals surface area contributed by atoms with Crippen LogP contribution in [0.5, 0.6) is 0 Å². The van der Waals surface area contributed by atoms with Crippen LogP contribution >= 0.6 is 0 Å². The lowest BCUT2D eigenvalue weighted by Gasteiger charge is -2.15. The Kier molecular flexibility index (Phi) is 4.71. The first-order valence-electron chi connectivity index (χ1n) is 8.67. The zero-order valence-corrected chi connectivity index (χ0v) is 14.8. The molecule has 7 nitrogen and oxygen atoms in total. The molecule has 0 unspecified atom stereocenters. The molecule has 1 heterocycles. The van der Waals surface area contributed by atoms with Crippen molar-refractivity contribution < 1.29 is 4.79 Å². The molecule has 0 radical (unpaired) electrons. The number of hydrogen-bond acceptors (Lipinski definition) is 4. The topological polar surface area (TPSA) is 88.1 Å². The lowest BCUT2D eigenvalue weighted by Crippen LogP contribution is -2.36. The number of urea groups is 1. The molecule has 4 rings (SSSR count). The van der Waals surface area contributed by atoms with Crippen molar-refractivity contribution in [1.82, 2.24) is 15.0 Å². The minimum atomic E-state index is -0.479. The number of carbonyl (C=O) groups is 1. The van der Waals surface area contributed by atoms with Crippen molar-refractivity contribution in [3.05, 3.63) is 95.3 Å². The third-order valence-corrected chi connectivity index (χ3v) is 4.11. The predicted octanol–water partition coefficient (Wildman–Crippen LogP) is 3.53. The van der Waals surface area contributed by atoms with E-state index in [4.69, 9.17) is 0 Å². The highest BCUT2D eigenvalue weighted by Crippen LogP contribution is 2.15. The van der Waals surface area contributed by atoms with Gasteiger partial charge in [-0.1, -0.05) is 48.5 Å². The highest BCUT2D eigenvalue weighted by Gasteiger charge is 2.13. The Morgan fingerprint density at radius 2 is 1.46 bits per heavy atom. The van der Waals surface area contributed by atoms with Crippen molar-refractivity contribution in [2.75, 3.05) is 10.7 Å². The minimum absolute atomic E-state index is 0.207. The first kappa shape index (κ1) is 17.3. The third-order valence-electron chi connectivity index (χ3n) is 4.11. The Hall–Kier alpha value is -4.13. The van der Waals surface area contributed by atoms with E-state index in [0.717, 1.165) is 0 Å². The van der Waals surface area contributed by atoms with Crippen molar-refractivity contribution in [3.63, 3.8) is 0 Å². The summed E-state index contributed by atoms with van der Waals surface area (Å²) < 4.78 is 1.42. The number of nitrogens with zero attached hydrogens (tertiary/aromatic N) is 2. The molecule has 0 saturated carbocycles. The van der Waals surface area contributed by atoms with Crippen LogP contribution in [0.4, 0.5) is 16.4 Å². The second-order valence-corrected chi connectivity index (χ2v) is 6.00. The zero-order valence-electron chi connectivity index (χ0n) is 14.8. The van der Waals surface area contributed by atoms with Gasteiger partial charge in [-0.25, -0.2) is 19.8 Å². The predicted molar refractivity (Wildman–Crippen MR) is 110 cm³/mol. The monoisotopic (exact) mass is 371 g/mol. The normalized spacial score (nSPS) is 10.4. The first-order chi connectivity index (χ1) is 13.7. The van der Waals surface area contributed by atoms with E-state index in [-0.39, 0.29) is 11.5 Å².